The van der Waals surface area contributed by atoms with Gasteiger partial charge in [0.1, 0.15) is 6.61 Å². The monoisotopic (exact) mass is 507 g/mol. The van der Waals surface area contributed by atoms with Crippen molar-refractivity contribution in [1.29, 1.82) is 0 Å². The lowest BCUT2D eigenvalue weighted by Gasteiger charge is -2.16. The molecule has 7 heteroatoms. The summed E-state index contributed by atoms with van der Waals surface area (Å²) >= 11 is 16.1. The zero-order valence-corrected chi connectivity index (χ0v) is 18.0. The molecule has 0 atom stereocenters. The minimum absolute atomic E-state index is 0.391. The molecule has 1 heterocycles. The summed E-state index contributed by atoms with van der Waals surface area (Å²) in [7, 11) is 0. The van der Waals surface area contributed by atoms with E-state index in [0.29, 0.717) is 23.3 Å². The highest BCUT2D eigenvalue weighted by Gasteiger charge is 2.17. The molecule has 0 aliphatic carbocycles. The Hall–Kier alpha value is -0.630. The first kappa shape index (κ1) is 19.1. The Labute approximate surface area is 175 Å². The molecule has 0 unspecified atom stereocenters. The average Bonchev–Trinajstić information content (AvgIpc) is 3.12. The molecule has 25 heavy (non-hydrogen) atoms. The molecule has 0 amide bonds. The van der Waals surface area contributed by atoms with Crippen LogP contribution in [0.25, 0.3) is 0 Å². The topological polar surface area (TPSA) is 30.8 Å². The zero-order valence-electron chi connectivity index (χ0n) is 13.5. The standard InChI is InChI=1S/C18H16Cl2INO2S/c1-2-23-16-9-12(18-22-5-6-25-18)8-15(21)17(16)24-10-11-3-4-13(19)14(20)7-11/h3-4,7-9H,2,5-6,10H2,1H3. The molecule has 0 saturated heterocycles. The number of hydrogen-bond acceptors (Lipinski definition) is 4. The van der Waals surface area contributed by atoms with Gasteiger partial charge in [-0.3, -0.25) is 4.99 Å². The van der Waals surface area contributed by atoms with Gasteiger partial charge in [-0.25, -0.2) is 0 Å². The third kappa shape index (κ3) is 4.76. The predicted octanol–water partition coefficient (Wildman–Crippen LogP) is 6.07. The van der Waals surface area contributed by atoms with Crippen LogP contribution < -0.4 is 9.47 Å². The second-order valence-electron chi connectivity index (χ2n) is 5.29. The van der Waals surface area contributed by atoms with E-state index in [2.05, 4.69) is 33.6 Å². The Balaban J connectivity index is 1.85. The molecule has 0 spiro atoms. The molecule has 0 saturated carbocycles. The molecule has 2 aromatic carbocycles. The van der Waals surface area contributed by atoms with E-state index in [1.807, 2.05) is 25.1 Å². The number of rotatable bonds is 6. The average molecular weight is 508 g/mol. The molecular formula is C18H16Cl2INO2S. The summed E-state index contributed by atoms with van der Waals surface area (Å²) in [6.45, 7) is 3.80. The van der Waals surface area contributed by atoms with Crippen molar-refractivity contribution in [1.82, 2.24) is 0 Å². The Kier molecular flexibility index (Phi) is 6.77. The van der Waals surface area contributed by atoms with Crippen LogP contribution in [0.1, 0.15) is 18.1 Å². The Morgan fingerprint density at radius 1 is 1.16 bits per heavy atom. The van der Waals surface area contributed by atoms with Gasteiger partial charge in [0, 0.05) is 17.9 Å². The van der Waals surface area contributed by atoms with Gasteiger partial charge >= 0.3 is 0 Å². The summed E-state index contributed by atoms with van der Waals surface area (Å²) in [6.07, 6.45) is 0. The maximum absolute atomic E-state index is 6.07. The first-order valence-corrected chi connectivity index (χ1v) is 10.6. The first-order valence-electron chi connectivity index (χ1n) is 7.79. The van der Waals surface area contributed by atoms with Crippen molar-refractivity contribution in [3.8, 4) is 11.5 Å². The highest BCUT2D eigenvalue weighted by molar-refractivity contribution is 14.1. The molecule has 0 bridgehead atoms. The molecule has 2 aromatic rings. The molecule has 1 aliphatic rings. The molecule has 0 N–H and O–H groups in total. The first-order chi connectivity index (χ1) is 12.1. The Morgan fingerprint density at radius 3 is 2.68 bits per heavy atom. The van der Waals surface area contributed by atoms with Crippen molar-refractivity contribution in [3.63, 3.8) is 0 Å². The van der Waals surface area contributed by atoms with Gasteiger partial charge in [-0.2, -0.15) is 0 Å². The van der Waals surface area contributed by atoms with E-state index in [1.165, 1.54) is 0 Å². The van der Waals surface area contributed by atoms with Crippen LogP contribution in [0.15, 0.2) is 35.3 Å². The second kappa shape index (κ2) is 8.84. The van der Waals surface area contributed by atoms with Crippen molar-refractivity contribution < 1.29 is 9.47 Å². The van der Waals surface area contributed by atoms with Crippen LogP contribution in [0.5, 0.6) is 11.5 Å². The van der Waals surface area contributed by atoms with Crippen LogP contribution in [0, 0.1) is 3.57 Å². The molecule has 3 rings (SSSR count). The van der Waals surface area contributed by atoms with Crippen molar-refractivity contribution in [2.24, 2.45) is 4.99 Å². The van der Waals surface area contributed by atoms with Gasteiger partial charge in [0.2, 0.25) is 0 Å². The zero-order chi connectivity index (χ0) is 17.8. The lowest BCUT2D eigenvalue weighted by Crippen LogP contribution is -2.04. The molecule has 0 radical (unpaired) electrons. The number of halogens is 3. The molecule has 132 valence electrons. The van der Waals surface area contributed by atoms with Crippen molar-refractivity contribution >= 4 is 62.6 Å². The van der Waals surface area contributed by atoms with Crippen LogP contribution in [0.3, 0.4) is 0 Å². The normalized spacial score (nSPS) is 13.7. The van der Waals surface area contributed by atoms with Crippen molar-refractivity contribution in [2.75, 3.05) is 18.9 Å². The molecule has 1 aliphatic heterocycles. The third-order valence-corrected chi connectivity index (χ3v) is 6.07. The van der Waals surface area contributed by atoms with E-state index >= 15 is 0 Å². The van der Waals surface area contributed by atoms with Crippen LogP contribution >= 0.6 is 57.6 Å². The summed E-state index contributed by atoms with van der Waals surface area (Å²) in [5, 5.41) is 2.12. The summed E-state index contributed by atoms with van der Waals surface area (Å²) in [5.74, 6) is 2.51. The SMILES string of the molecule is CCOc1cc(C2=NCCS2)cc(I)c1OCc1ccc(Cl)c(Cl)c1. The van der Waals surface area contributed by atoms with E-state index in [0.717, 1.165) is 43.5 Å². The van der Waals surface area contributed by atoms with E-state index in [4.69, 9.17) is 32.7 Å². The number of thioether (sulfide) groups is 1. The molecular weight excluding hydrogens is 492 g/mol. The third-order valence-electron chi connectivity index (χ3n) is 3.51. The fourth-order valence-electron chi connectivity index (χ4n) is 2.39. The lowest BCUT2D eigenvalue weighted by atomic mass is 10.2. The number of benzene rings is 2. The minimum atomic E-state index is 0.391. The highest BCUT2D eigenvalue weighted by atomic mass is 127. The van der Waals surface area contributed by atoms with Crippen LogP contribution in [0.2, 0.25) is 10.0 Å². The largest absolute Gasteiger partial charge is 0.490 e. The number of hydrogen-bond donors (Lipinski definition) is 0. The quantitative estimate of drug-likeness (QED) is 0.444. The van der Waals surface area contributed by atoms with Gasteiger partial charge in [-0.05, 0) is 59.3 Å². The Morgan fingerprint density at radius 2 is 2.00 bits per heavy atom. The summed E-state index contributed by atoms with van der Waals surface area (Å²) in [4.78, 5) is 4.54. The summed E-state index contributed by atoms with van der Waals surface area (Å²) in [6, 6.07) is 9.59. The van der Waals surface area contributed by atoms with Gasteiger partial charge in [0.05, 0.1) is 25.3 Å². The van der Waals surface area contributed by atoms with Crippen LogP contribution in [-0.4, -0.2) is 23.9 Å². The number of ether oxygens (including phenoxy) is 2. The van der Waals surface area contributed by atoms with Crippen molar-refractivity contribution in [3.05, 3.63) is 55.1 Å². The minimum Gasteiger partial charge on any atom is -0.490 e. The molecule has 0 aromatic heterocycles. The molecule has 3 nitrogen and oxygen atoms in total. The summed E-state index contributed by atoms with van der Waals surface area (Å²) in [5.41, 5.74) is 2.03. The van der Waals surface area contributed by atoms with Gasteiger partial charge in [0.25, 0.3) is 0 Å². The number of nitrogens with zero attached hydrogens (tertiary/aromatic N) is 1. The van der Waals surface area contributed by atoms with Crippen LogP contribution in [-0.2, 0) is 6.61 Å². The van der Waals surface area contributed by atoms with Gasteiger partial charge in [0.15, 0.2) is 11.5 Å². The Bertz CT molecular complexity index is 814. The predicted molar refractivity (Wildman–Crippen MR) is 115 cm³/mol. The fraction of sp³-hybridized carbons (Fsp3) is 0.278. The lowest BCUT2D eigenvalue weighted by molar-refractivity contribution is 0.267. The maximum Gasteiger partial charge on any atom is 0.175 e. The van der Waals surface area contributed by atoms with Crippen molar-refractivity contribution in [2.45, 2.75) is 13.5 Å². The molecule has 0 fully saturated rings. The summed E-state index contributed by atoms with van der Waals surface area (Å²) < 4.78 is 12.8. The smallest absolute Gasteiger partial charge is 0.175 e. The maximum atomic E-state index is 6.07. The van der Waals surface area contributed by atoms with E-state index in [1.54, 1.807) is 17.8 Å². The van der Waals surface area contributed by atoms with E-state index in [-0.39, 0.29) is 0 Å². The number of aliphatic imine (C=N–C) groups is 1. The fourth-order valence-corrected chi connectivity index (χ4v) is 4.31. The second-order valence-corrected chi connectivity index (χ2v) is 8.35. The van der Waals surface area contributed by atoms with Gasteiger partial charge < -0.3 is 9.47 Å². The highest BCUT2D eigenvalue weighted by Crippen LogP contribution is 2.37. The van der Waals surface area contributed by atoms with E-state index < -0.39 is 0 Å². The van der Waals surface area contributed by atoms with Crippen LogP contribution in [0.4, 0.5) is 0 Å². The van der Waals surface area contributed by atoms with E-state index in [9.17, 15) is 0 Å². The van der Waals surface area contributed by atoms with Gasteiger partial charge in [-0.15, -0.1) is 11.8 Å². The van der Waals surface area contributed by atoms with Gasteiger partial charge in [-0.1, -0.05) is 29.3 Å².